The lowest BCUT2D eigenvalue weighted by Crippen LogP contribution is -2.36. The van der Waals surface area contributed by atoms with Gasteiger partial charge in [0.05, 0.1) is 12.7 Å². The van der Waals surface area contributed by atoms with Crippen LogP contribution in [-0.2, 0) is 17.6 Å². The number of aryl methyl sites for hydroxylation is 1. The highest BCUT2D eigenvalue weighted by atomic mass is 32.1. The first-order valence-electron chi connectivity index (χ1n) is 11.4. The van der Waals surface area contributed by atoms with Gasteiger partial charge in [-0.05, 0) is 56.3 Å². The Labute approximate surface area is 186 Å². The van der Waals surface area contributed by atoms with Crippen LogP contribution in [0.15, 0.2) is 0 Å². The first-order valence-corrected chi connectivity index (χ1v) is 12.6. The van der Waals surface area contributed by atoms with E-state index in [9.17, 15) is 4.79 Å². The lowest BCUT2D eigenvalue weighted by atomic mass is 9.95. The first kappa shape index (κ1) is 24.1. The van der Waals surface area contributed by atoms with E-state index in [1.807, 2.05) is 0 Å². The molecule has 1 aliphatic rings. The molecule has 0 saturated heterocycles. The molecular weight excluding hydrogens is 400 g/mol. The minimum Gasteiger partial charge on any atom is -0.465 e. The Kier molecular flexibility index (Phi) is 11.0. The second-order valence-corrected chi connectivity index (χ2v) is 9.44. The minimum absolute atomic E-state index is 0.243. The second-order valence-electron chi connectivity index (χ2n) is 7.95. The zero-order valence-corrected chi connectivity index (χ0v) is 20.1. The van der Waals surface area contributed by atoms with Crippen LogP contribution < -0.4 is 5.32 Å². The molecule has 29 heavy (non-hydrogen) atoms. The van der Waals surface area contributed by atoms with Gasteiger partial charge < -0.3 is 15.0 Å². The number of thiocarbonyl (C=S) groups is 1. The van der Waals surface area contributed by atoms with Crippen LogP contribution in [-0.4, -0.2) is 36.2 Å². The van der Waals surface area contributed by atoms with Crippen molar-refractivity contribution in [1.29, 1.82) is 0 Å². The number of hydrogen-bond donors (Lipinski definition) is 1. The number of thiophene rings is 1. The molecule has 0 amide bonds. The maximum absolute atomic E-state index is 12.5. The molecule has 1 aromatic rings. The van der Waals surface area contributed by atoms with Crippen LogP contribution in [0.4, 0.5) is 5.00 Å². The number of carbonyl (C=O) groups excluding carboxylic acids is 1. The third-order valence-corrected chi connectivity index (χ3v) is 7.20. The van der Waals surface area contributed by atoms with Crippen molar-refractivity contribution in [1.82, 2.24) is 4.90 Å². The summed E-state index contributed by atoms with van der Waals surface area (Å²) < 4.78 is 5.10. The number of nitrogens with zero attached hydrogens (tertiary/aromatic N) is 1. The highest BCUT2D eigenvalue weighted by molar-refractivity contribution is 7.80. The topological polar surface area (TPSA) is 41.6 Å². The summed E-state index contributed by atoms with van der Waals surface area (Å²) in [7, 11) is 1.46. The quantitative estimate of drug-likeness (QED) is 0.227. The number of methoxy groups -OCH3 is 1. The fourth-order valence-corrected chi connectivity index (χ4v) is 5.55. The van der Waals surface area contributed by atoms with Crippen molar-refractivity contribution >= 4 is 39.6 Å². The van der Waals surface area contributed by atoms with Crippen molar-refractivity contribution < 1.29 is 9.53 Å². The van der Waals surface area contributed by atoms with Gasteiger partial charge >= 0.3 is 5.97 Å². The highest BCUT2D eigenvalue weighted by Crippen LogP contribution is 2.38. The largest absolute Gasteiger partial charge is 0.465 e. The van der Waals surface area contributed by atoms with Crippen molar-refractivity contribution in [2.75, 3.05) is 25.5 Å². The van der Waals surface area contributed by atoms with Gasteiger partial charge in [-0.15, -0.1) is 11.3 Å². The molecule has 0 aromatic carbocycles. The number of esters is 1. The molecule has 0 radical (unpaired) electrons. The molecule has 2 rings (SSSR count). The van der Waals surface area contributed by atoms with E-state index in [4.69, 9.17) is 17.0 Å². The average molecular weight is 439 g/mol. The number of ether oxygens (including phenoxy) is 1. The summed E-state index contributed by atoms with van der Waals surface area (Å²) in [6.07, 6.45) is 14.2. The van der Waals surface area contributed by atoms with Crippen molar-refractivity contribution in [2.45, 2.75) is 90.9 Å². The van der Waals surface area contributed by atoms with Crippen molar-refractivity contribution in [2.24, 2.45) is 0 Å². The van der Waals surface area contributed by atoms with Gasteiger partial charge in [0.25, 0.3) is 0 Å². The molecule has 164 valence electrons. The lowest BCUT2D eigenvalue weighted by Gasteiger charge is -2.26. The summed E-state index contributed by atoms with van der Waals surface area (Å²) in [4.78, 5) is 16.1. The van der Waals surface area contributed by atoms with Crippen LogP contribution in [0.5, 0.6) is 0 Å². The van der Waals surface area contributed by atoms with Crippen LogP contribution in [0.2, 0.25) is 0 Å². The Bertz CT molecular complexity index is 646. The Morgan fingerprint density at radius 1 is 1.03 bits per heavy atom. The van der Waals surface area contributed by atoms with Crippen molar-refractivity contribution in [3.05, 3.63) is 16.0 Å². The van der Waals surface area contributed by atoms with E-state index in [2.05, 4.69) is 24.1 Å². The van der Waals surface area contributed by atoms with E-state index in [1.165, 1.54) is 62.5 Å². The maximum atomic E-state index is 12.5. The Hall–Kier alpha value is -1.14. The molecule has 0 fully saturated rings. The van der Waals surface area contributed by atoms with Gasteiger partial charge in [-0.25, -0.2) is 4.79 Å². The van der Waals surface area contributed by atoms with E-state index in [0.717, 1.165) is 55.3 Å². The van der Waals surface area contributed by atoms with Crippen LogP contribution in [0.25, 0.3) is 0 Å². The van der Waals surface area contributed by atoms with E-state index in [0.29, 0.717) is 5.56 Å². The van der Waals surface area contributed by atoms with Gasteiger partial charge in [-0.2, -0.15) is 0 Å². The molecule has 6 heteroatoms. The predicted molar refractivity (Wildman–Crippen MR) is 128 cm³/mol. The Morgan fingerprint density at radius 3 is 2.24 bits per heavy atom. The highest BCUT2D eigenvalue weighted by Gasteiger charge is 2.27. The number of unbranched alkanes of at least 4 members (excludes halogenated alkanes) is 6. The number of hydrogen-bond acceptors (Lipinski definition) is 4. The molecule has 1 heterocycles. The van der Waals surface area contributed by atoms with Crippen LogP contribution in [0, 0.1) is 0 Å². The normalized spacial score (nSPS) is 13.1. The van der Waals surface area contributed by atoms with Gasteiger partial charge in [0.2, 0.25) is 0 Å². The van der Waals surface area contributed by atoms with Crippen molar-refractivity contribution in [3.8, 4) is 0 Å². The molecule has 0 spiro atoms. The standard InChI is InChI=1S/C23H38N2O2S2/c1-4-6-8-12-16-25(17-13-9-7-5-2)23(28)24-21-20(22(26)27-3)18-14-10-11-15-19(18)29-21/h4-17H2,1-3H3,(H,24,28). The van der Waals surface area contributed by atoms with Gasteiger partial charge in [0.15, 0.2) is 5.11 Å². The van der Waals surface area contributed by atoms with Crippen LogP contribution in [0.1, 0.15) is 98.9 Å². The fourth-order valence-electron chi connectivity index (χ4n) is 3.92. The molecular formula is C23H38N2O2S2. The van der Waals surface area contributed by atoms with Crippen LogP contribution in [0.3, 0.4) is 0 Å². The lowest BCUT2D eigenvalue weighted by molar-refractivity contribution is 0.0601. The molecule has 0 atom stereocenters. The molecule has 0 bridgehead atoms. The summed E-state index contributed by atoms with van der Waals surface area (Å²) in [6, 6.07) is 0. The van der Waals surface area contributed by atoms with E-state index in [1.54, 1.807) is 11.3 Å². The number of carbonyl (C=O) groups is 1. The smallest absolute Gasteiger partial charge is 0.341 e. The number of rotatable bonds is 12. The van der Waals surface area contributed by atoms with Gasteiger partial charge in [0.1, 0.15) is 5.00 Å². The Balaban J connectivity index is 2.09. The van der Waals surface area contributed by atoms with E-state index in [-0.39, 0.29) is 5.97 Å². The molecule has 1 N–H and O–H groups in total. The molecule has 1 aliphatic carbocycles. The van der Waals surface area contributed by atoms with E-state index >= 15 is 0 Å². The summed E-state index contributed by atoms with van der Waals surface area (Å²) in [6.45, 7) is 6.44. The van der Waals surface area contributed by atoms with Gasteiger partial charge in [-0.3, -0.25) is 0 Å². The summed E-state index contributed by atoms with van der Waals surface area (Å²) in [5.74, 6) is -0.243. The molecule has 4 nitrogen and oxygen atoms in total. The van der Waals surface area contributed by atoms with Crippen molar-refractivity contribution in [3.63, 3.8) is 0 Å². The first-order chi connectivity index (χ1) is 14.1. The number of fused-ring (bicyclic) bond motifs is 1. The third-order valence-electron chi connectivity index (χ3n) is 5.63. The summed E-state index contributed by atoms with van der Waals surface area (Å²) >= 11 is 7.50. The summed E-state index contributed by atoms with van der Waals surface area (Å²) in [5.41, 5.74) is 1.89. The fraction of sp³-hybridized carbons (Fsp3) is 0.739. The number of nitrogens with one attached hydrogen (secondary N) is 1. The SMILES string of the molecule is CCCCCCN(CCCCCC)C(=S)Nc1sc2c(c1C(=O)OC)CCCC2. The maximum Gasteiger partial charge on any atom is 0.341 e. The van der Waals surface area contributed by atoms with E-state index < -0.39 is 0 Å². The molecule has 1 aromatic heterocycles. The second kappa shape index (κ2) is 13.2. The average Bonchev–Trinajstić information content (AvgIpc) is 3.09. The molecule has 0 saturated carbocycles. The van der Waals surface area contributed by atoms with Crippen LogP contribution >= 0.6 is 23.6 Å². The predicted octanol–water partition coefficient (Wildman–Crippen LogP) is 6.57. The Morgan fingerprint density at radius 2 is 1.66 bits per heavy atom. The molecule has 0 unspecified atom stereocenters. The number of anilines is 1. The zero-order chi connectivity index (χ0) is 21.1. The minimum atomic E-state index is -0.243. The van der Waals surface area contributed by atoms with Gasteiger partial charge in [0, 0.05) is 18.0 Å². The third kappa shape index (κ3) is 7.25. The van der Waals surface area contributed by atoms with Gasteiger partial charge in [-0.1, -0.05) is 52.4 Å². The monoisotopic (exact) mass is 438 g/mol. The molecule has 0 aliphatic heterocycles. The zero-order valence-electron chi connectivity index (χ0n) is 18.5. The summed E-state index contributed by atoms with van der Waals surface area (Å²) in [5, 5.41) is 5.07.